The monoisotopic (exact) mass is 357 g/mol. The number of carbonyl (C=O) groups is 1. The van der Waals surface area contributed by atoms with Crippen LogP contribution >= 0.6 is 15.9 Å². The van der Waals surface area contributed by atoms with Crippen LogP contribution in [0.4, 0.5) is 5.69 Å². The van der Waals surface area contributed by atoms with Gasteiger partial charge in [-0.05, 0) is 42.3 Å². The van der Waals surface area contributed by atoms with Crippen molar-refractivity contribution in [1.82, 2.24) is 10.2 Å². The molecule has 4 rings (SSSR count). The Morgan fingerprint density at radius 2 is 2.23 bits per heavy atom. The summed E-state index contributed by atoms with van der Waals surface area (Å²) in [5.41, 5.74) is 3.21. The van der Waals surface area contributed by atoms with Crippen LogP contribution < -0.4 is 4.90 Å². The second-order valence-corrected chi connectivity index (χ2v) is 6.04. The van der Waals surface area contributed by atoms with Gasteiger partial charge in [0.25, 0.3) is 5.91 Å². The van der Waals surface area contributed by atoms with Crippen molar-refractivity contribution in [3.63, 3.8) is 0 Å². The van der Waals surface area contributed by atoms with Crippen LogP contribution in [0, 0.1) is 0 Å². The predicted octanol–water partition coefficient (Wildman–Crippen LogP) is 3.64. The molecule has 0 saturated carbocycles. The first kappa shape index (κ1) is 13.3. The van der Waals surface area contributed by atoms with E-state index < -0.39 is 0 Å². The number of hydrogen-bond acceptors (Lipinski definition) is 3. The van der Waals surface area contributed by atoms with E-state index in [9.17, 15) is 4.79 Å². The maximum Gasteiger partial charge on any atom is 0.278 e. The van der Waals surface area contributed by atoms with Crippen LogP contribution in [0.2, 0.25) is 0 Å². The summed E-state index contributed by atoms with van der Waals surface area (Å²) in [6.07, 6.45) is 2.45. The third kappa shape index (κ3) is 2.16. The Balaban J connectivity index is 1.64. The number of aromatic amines is 1. The van der Waals surface area contributed by atoms with Gasteiger partial charge in [0.05, 0.1) is 6.26 Å². The lowest BCUT2D eigenvalue weighted by Gasteiger charge is -2.15. The zero-order valence-corrected chi connectivity index (χ0v) is 13.1. The van der Waals surface area contributed by atoms with Crippen LogP contribution in [0.15, 0.2) is 51.6 Å². The molecule has 2 aromatic heterocycles. The van der Waals surface area contributed by atoms with E-state index in [0.29, 0.717) is 23.7 Å². The summed E-state index contributed by atoms with van der Waals surface area (Å²) in [4.78, 5) is 14.4. The van der Waals surface area contributed by atoms with E-state index in [-0.39, 0.29) is 5.91 Å². The second-order valence-electron chi connectivity index (χ2n) is 5.12. The lowest BCUT2D eigenvalue weighted by molar-refractivity contribution is 0.0984. The first-order valence-electron chi connectivity index (χ1n) is 6.92. The topological polar surface area (TPSA) is 62.1 Å². The molecule has 1 N–H and O–H groups in total. The van der Waals surface area contributed by atoms with Crippen LogP contribution in [-0.2, 0) is 6.42 Å². The van der Waals surface area contributed by atoms with Crippen LogP contribution in [-0.4, -0.2) is 22.6 Å². The number of amides is 1. The Kier molecular flexibility index (Phi) is 3.11. The highest BCUT2D eigenvalue weighted by molar-refractivity contribution is 9.10. The standard InChI is InChI=1S/C16H12BrN3O2/c17-11-3-4-14-10(8-11)5-6-20(14)16(21)13-9-12(18-19-13)15-2-1-7-22-15/h1-4,7-9H,5-6H2,(H,18,19). The van der Waals surface area contributed by atoms with Crippen LogP contribution in [0.5, 0.6) is 0 Å². The minimum Gasteiger partial charge on any atom is -0.463 e. The van der Waals surface area contributed by atoms with Gasteiger partial charge in [-0.2, -0.15) is 5.10 Å². The molecule has 110 valence electrons. The maximum absolute atomic E-state index is 12.7. The van der Waals surface area contributed by atoms with E-state index in [1.54, 1.807) is 23.3 Å². The minimum absolute atomic E-state index is 0.102. The Hall–Kier alpha value is -2.34. The molecule has 0 radical (unpaired) electrons. The highest BCUT2D eigenvalue weighted by Crippen LogP contribution is 2.31. The van der Waals surface area contributed by atoms with Gasteiger partial charge < -0.3 is 9.32 Å². The fourth-order valence-corrected chi connectivity index (χ4v) is 3.12. The van der Waals surface area contributed by atoms with Gasteiger partial charge in [0.1, 0.15) is 5.69 Å². The quantitative estimate of drug-likeness (QED) is 0.761. The molecule has 0 aliphatic carbocycles. The zero-order valence-electron chi connectivity index (χ0n) is 11.5. The molecule has 0 unspecified atom stereocenters. The number of anilines is 1. The fraction of sp³-hybridized carbons (Fsp3) is 0.125. The number of nitrogens with zero attached hydrogens (tertiary/aromatic N) is 2. The molecule has 22 heavy (non-hydrogen) atoms. The van der Waals surface area contributed by atoms with Crippen LogP contribution in [0.1, 0.15) is 16.1 Å². The number of halogens is 1. The van der Waals surface area contributed by atoms with E-state index >= 15 is 0 Å². The lowest BCUT2D eigenvalue weighted by Crippen LogP contribution is -2.29. The average Bonchev–Trinajstić information content (AvgIpc) is 3.25. The van der Waals surface area contributed by atoms with Gasteiger partial charge in [-0.15, -0.1) is 0 Å². The molecule has 3 aromatic rings. The van der Waals surface area contributed by atoms with Crippen molar-refractivity contribution < 1.29 is 9.21 Å². The van der Waals surface area contributed by atoms with E-state index in [1.807, 2.05) is 18.2 Å². The number of furan rings is 1. The Morgan fingerprint density at radius 1 is 1.32 bits per heavy atom. The van der Waals surface area contributed by atoms with Crippen LogP contribution in [0.3, 0.4) is 0 Å². The highest BCUT2D eigenvalue weighted by Gasteiger charge is 2.27. The smallest absolute Gasteiger partial charge is 0.278 e. The van der Waals surface area contributed by atoms with Crippen molar-refractivity contribution in [3.8, 4) is 11.5 Å². The SMILES string of the molecule is O=C(c1cc(-c2ccco2)[nH]n1)N1CCc2cc(Br)ccc21. The second kappa shape index (κ2) is 5.14. The van der Waals surface area contributed by atoms with Gasteiger partial charge in [0.15, 0.2) is 11.5 Å². The number of fused-ring (bicyclic) bond motifs is 1. The van der Waals surface area contributed by atoms with Crippen molar-refractivity contribution in [2.45, 2.75) is 6.42 Å². The number of hydrogen-bond donors (Lipinski definition) is 1. The van der Waals surface area contributed by atoms with Crippen molar-refractivity contribution in [3.05, 3.63) is 58.4 Å². The third-order valence-corrected chi connectivity index (χ3v) is 4.26. The summed E-state index contributed by atoms with van der Waals surface area (Å²) >= 11 is 3.46. The molecular formula is C16H12BrN3O2. The molecule has 1 aromatic carbocycles. The molecule has 3 heterocycles. The number of aromatic nitrogens is 2. The first-order chi connectivity index (χ1) is 10.7. The van der Waals surface area contributed by atoms with Gasteiger partial charge >= 0.3 is 0 Å². The molecule has 0 spiro atoms. The first-order valence-corrected chi connectivity index (χ1v) is 7.71. The lowest BCUT2D eigenvalue weighted by atomic mass is 10.2. The van der Waals surface area contributed by atoms with E-state index in [4.69, 9.17) is 4.42 Å². The zero-order chi connectivity index (χ0) is 15.1. The summed E-state index contributed by atoms with van der Waals surface area (Å²) in [5.74, 6) is 0.562. The molecule has 0 bridgehead atoms. The summed E-state index contributed by atoms with van der Waals surface area (Å²) < 4.78 is 6.33. The van der Waals surface area contributed by atoms with Gasteiger partial charge in [-0.3, -0.25) is 9.89 Å². The molecule has 1 aliphatic rings. The van der Waals surface area contributed by atoms with Gasteiger partial charge in [0.2, 0.25) is 0 Å². The van der Waals surface area contributed by atoms with Gasteiger partial charge in [-0.1, -0.05) is 15.9 Å². The number of carbonyl (C=O) groups excluding carboxylic acids is 1. The maximum atomic E-state index is 12.7. The molecular weight excluding hydrogens is 346 g/mol. The molecule has 1 aliphatic heterocycles. The van der Waals surface area contributed by atoms with Crippen molar-refractivity contribution >= 4 is 27.5 Å². The average molecular weight is 358 g/mol. The van der Waals surface area contributed by atoms with Crippen molar-refractivity contribution in [2.24, 2.45) is 0 Å². The summed E-state index contributed by atoms with van der Waals surface area (Å²) in [6.45, 7) is 0.674. The summed E-state index contributed by atoms with van der Waals surface area (Å²) in [5, 5.41) is 6.97. The van der Waals surface area contributed by atoms with Crippen LogP contribution in [0.25, 0.3) is 11.5 Å². The fourth-order valence-electron chi connectivity index (χ4n) is 2.71. The number of nitrogens with one attached hydrogen (secondary N) is 1. The molecule has 0 atom stereocenters. The Bertz CT molecular complexity index is 839. The molecule has 0 fully saturated rings. The van der Waals surface area contributed by atoms with Crippen molar-refractivity contribution in [1.29, 1.82) is 0 Å². The third-order valence-electron chi connectivity index (χ3n) is 3.77. The van der Waals surface area contributed by atoms with E-state index in [2.05, 4.69) is 32.2 Å². The summed E-state index contributed by atoms with van der Waals surface area (Å²) in [7, 11) is 0. The number of rotatable bonds is 2. The van der Waals surface area contributed by atoms with Gasteiger partial charge in [0, 0.05) is 22.8 Å². The number of benzene rings is 1. The molecule has 1 amide bonds. The molecule has 6 heteroatoms. The minimum atomic E-state index is -0.102. The van der Waals surface area contributed by atoms with E-state index in [0.717, 1.165) is 16.6 Å². The Morgan fingerprint density at radius 3 is 3.05 bits per heavy atom. The predicted molar refractivity (Wildman–Crippen MR) is 85.8 cm³/mol. The largest absolute Gasteiger partial charge is 0.463 e. The summed E-state index contributed by atoms with van der Waals surface area (Å²) in [6, 6.07) is 11.3. The molecule has 0 saturated heterocycles. The molecule has 5 nitrogen and oxygen atoms in total. The van der Waals surface area contributed by atoms with E-state index in [1.165, 1.54) is 5.56 Å². The number of H-pyrrole nitrogens is 1. The normalized spacial score (nSPS) is 13.4. The van der Waals surface area contributed by atoms with Crippen molar-refractivity contribution in [2.75, 3.05) is 11.4 Å². The highest BCUT2D eigenvalue weighted by atomic mass is 79.9. The Labute approximate surface area is 135 Å². The van der Waals surface area contributed by atoms with Gasteiger partial charge in [-0.25, -0.2) is 0 Å².